The number of hydrogen-bond donors (Lipinski definition) is 0. The first-order chi connectivity index (χ1) is 10.8. The predicted molar refractivity (Wildman–Crippen MR) is 89.6 cm³/mol. The zero-order valence-corrected chi connectivity index (χ0v) is 14.7. The quantitative estimate of drug-likeness (QED) is 0.777. The average Bonchev–Trinajstić information content (AvgIpc) is 2.51. The lowest BCUT2D eigenvalue weighted by Crippen LogP contribution is -2.31. The Morgan fingerprint density at radius 1 is 1.22 bits per heavy atom. The normalized spacial score (nSPS) is 11.3. The molecule has 0 fully saturated rings. The van der Waals surface area contributed by atoms with E-state index in [1.54, 1.807) is 19.1 Å². The first-order valence-corrected chi connectivity index (χ1v) is 8.82. The van der Waals surface area contributed by atoms with Crippen molar-refractivity contribution >= 4 is 38.9 Å². The van der Waals surface area contributed by atoms with Crippen molar-refractivity contribution in [2.75, 3.05) is 18.0 Å². The van der Waals surface area contributed by atoms with Crippen LogP contribution in [0.2, 0.25) is 10.0 Å². The number of hydrogen-bond acceptors (Lipinski definition) is 3. The average molecular weight is 378 g/mol. The number of benzene rings is 2. The van der Waals surface area contributed by atoms with Crippen LogP contribution in [-0.2, 0) is 10.0 Å². The van der Waals surface area contributed by atoms with Gasteiger partial charge >= 0.3 is 0 Å². The fraction of sp³-hybridized carbons (Fsp3) is 0.200. The van der Waals surface area contributed by atoms with Gasteiger partial charge in [0.15, 0.2) is 11.6 Å². The van der Waals surface area contributed by atoms with E-state index in [-0.39, 0.29) is 32.9 Å². The topological polar surface area (TPSA) is 46.6 Å². The van der Waals surface area contributed by atoms with Crippen LogP contribution in [0.15, 0.2) is 41.3 Å². The summed E-state index contributed by atoms with van der Waals surface area (Å²) in [6.07, 6.45) is 0. The molecule has 0 spiro atoms. The Bertz CT molecular complexity index is 827. The molecule has 0 radical (unpaired) electrons. The van der Waals surface area contributed by atoms with Crippen molar-refractivity contribution in [3.8, 4) is 5.75 Å². The summed E-state index contributed by atoms with van der Waals surface area (Å²) in [6, 6.07) is 8.13. The lowest BCUT2D eigenvalue weighted by atomic mass is 10.3. The molecule has 0 unspecified atom stereocenters. The Hall–Kier alpha value is -1.50. The number of anilines is 1. The van der Waals surface area contributed by atoms with Crippen molar-refractivity contribution in [3.05, 3.63) is 52.3 Å². The van der Waals surface area contributed by atoms with Gasteiger partial charge in [0, 0.05) is 6.54 Å². The van der Waals surface area contributed by atoms with Crippen LogP contribution in [0, 0.1) is 5.82 Å². The highest BCUT2D eigenvalue weighted by Gasteiger charge is 2.27. The van der Waals surface area contributed by atoms with Gasteiger partial charge in [0.1, 0.15) is 0 Å². The van der Waals surface area contributed by atoms with Crippen molar-refractivity contribution in [2.45, 2.75) is 11.8 Å². The molecule has 4 nitrogen and oxygen atoms in total. The van der Waals surface area contributed by atoms with Crippen molar-refractivity contribution in [1.82, 2.24) is 0 Å². The van der Waals surface area contributed by atoms with Crippen molar-refractivity contribution in [2.24, 2.45) is 0 Å². The summed E-state index contributed by atoms with van der Waals surface area (Å²) in [4.78, 5) is -0.200. The number of methoxy groups -OCH3 is 1. The number of rotatable bonds is 5. The van der Waals surface area contributed by atoms with Crippen LogP contribution in [0.3, 0.4) is 0 Å². The Morgan fingerprint density at radius 2 is 1.91 bits per heavy atom. The molecule has 0 aliphatic carbocycles. The first-order valence-electron chi connectivity index (χ1n) is 6.63. The number of halogens is 3. The molecule has 2 aromatic carbocycles. The van der Waals surface area contributed by atoms with Gasteiger partial charge in [0.25, 0.3) is 10.0 Å². The molecule has 0 amide bonds. The molecule has 23 heavy (non-hydrogen) atoms. The Labute approximate surface area is 144 Å². The summed E-state index contributed by atoms with van der Waals surface area (Å²) in [7, 11) is -2.69. The van der Waals surface area contributed by atoms with Gasteiger partial charge < -0.3 is 4.74 Å². The summed E-state index contributed by atoms with van der Waals surface area (Å²) >= 11 is 12.1. The van der Waals surface area contributed by atoms with Gasteiger partial charge in [-0.1, -0.05) is 29.3 Å². The van der Waals surface area contributed by atoms with Gasteiger partial charge in [-0.2, -0.15) is 0 Å². The molecule has 0 N–H and O–H groups in total. The Kier molecular flexibility index (Phi) is 5.39. The van der Waals surface area contributed by atoms with Crippen LogP contribution in [0.5, 0.6) is 5.75 Å². The molecule has 0 saturated heterocycles. The van der Waals surface area contributed by atoms with Crippen molar-refractivity contribution in [1.29, 1.82) is 0 Å². The van der Waals surface area contributed by atoms with Crippen molar-refractivity contribution in [3.63, 3.8) is 0 Å². The number of sulfonamides is 1. The third kappa shape index (κ3) is 3.39. The molecule has 2 rings (SSSR count). The number of nitrogens with zero attached hydrogens (tertiary/aromatic N) is 1. The lowest BCUT2D eigenvalue weighted by molar-refractivity contribution is 0.385. The first kappa shape index (κ1) is 17.8. The molecule has 124 valence electrons. The summed E-state index contributed by atoms with van der Waals surface area (Å²) in [5.74, 6) is -0.797. The second-order valence-corrected chi connectivity index (χ2v) is 7.19. The molecule has 0 saturated carbocycles. The molecule has 0 atom stereocenters. The fourth-order valence-corrected chi connectivity index (χ4v) is 4.04. The molecule has 2 aromatic rings. The summed E-state index contributed by atoms with van der Waals surface area (Å²) in [6.45, 7) is 1.75. The molecule has 8 heteroatoms. The monoisotopic (exact) mass is 377 g/mol. The predicted octanol–water partition coefficient (Wildman–Crippen LogP) is 4.36. The highest BCUT2D eigenvalue weighted by molar-refractivity contribution is 7.92. The molecule has 0 aliphatic heterocycles. The number of ether oxygens (including phenoxy) is 1. The van der Waals surface area contributed by atoms with Crippen LogP contribution in [-0.4, -0.2) is 22.1 Å². The van der Waals surface area contributed by atoms with E-state index in [1.165, 1.54) is 25.3 Å². The zero-order chi connectivity index (χ0) is 17.2. The van der Waals surface area contributed by atoms with Gasteiger partial charge in [-0.25, -0.2) is 12.8 Å². The standard InChI is InChI=1S/C15H14Cl2FNO3S/c1-3-19(13-6-4-5-11(16)15(13)17)23(20,21)10-7-8-14(22-2)12(18)9-10/h4-9H,3H2,1-2H3. The maximum Gasteiger partial charge on any atom is 0.264 e. The molecule has 0 heterocycles. The molecule has 0 aromatic heterocycles. The van der Waals surface area contributed by atoms with Gasteiger partial charge in [-0.05, 0) is 37.3 Å². The van der Waals surface area contributed by atoms with Crippen LogP contribution in [0.25, 0.3) is 0 Å². The van der Waals surface area contributed by atoms with Crippen LogP contribution >= 0.6 is 23.2 Å². The van der Waals surface area contributed by atoms with E-state index < -0.39 is 15.8 Å². The maximum absolute atomic E-state index is 13.8. The third-order valence-electron chi connectivity index (χ3n) is 3.20. The second-order valence-electron chi connectivity index (χ2n) is 4.54. The van der Waals surface area contributed by atoms with E-state index in [1.807, 2.05) is 0 Å². The van der Waals surface area contributed by atoms with Crippen LogP contribution < -0.4 is 9.04 Å². The summed E-state index contributed by atoms with van der Waals surface area (Å²) in [5.41, 5.74) is 0.234. The minimum atomic E-state index is -4.00. The van der Waals surface area contributed by atoms with Gasteiger partial charge in [-0.15, -0.1) is 0 Å². The van der Waals surface area contributed by atoms with E-state index in [0.29, 0.717) is 0 Å². The van der Waals surface area contributed by atoms with Gasteiger partial charge in [0.05, 0.1) is 27.7 Å². The van der Waals surface area contributed by atoms with E-state index >= 15 is 0 Å². The minimum absolute atomic E-state index is 0.0345. The van der Waals surface area contributed by atoms with Crippen molar-refractivity contribution < 1.29 is 17.5 Å². The highest BCUT2D eigenvalue weighted by atomic mass is 35.5. The van der Waals surface area contributed by atoms with E-state index in [4.69, 9.17) is 27.9 Å². The van der Waals surface area contributed by atoms with E-state index in [2.05, 4.69) is 0 Å². The Balaban J connectivity index is 2.56. The SMILES string of the molecule is CCN(c1cccc(Cl)c1Cl)S(=O)(=O)c1ccc(OC)c(F)c1. The zero-order valence-electron chi connectivity index (χ0n) is 12.4. The van der Waals surface area contributed by atoms with E-state index in [9.17, 15) is 12.8 Å². The molecule has 0 bridgehead atoms. The molecular weight excluding hydrogens is 364 g/mol. The van der Waals surface area contributed by atoms with Gasteiger partial charge in [0.2, 0.25) is 0 Å². The van der Waals surface area contributed by atoms with E-state index in [0.717, 1.165) is 10.4 Å². The third-order valence-corrected chi connectivity index (χ3v) is 5.89. The van der Waals surface area contributed by atoms with Crippen LogP contribution in [0.1, 0.15) is 6.92 Å². The summed E-state index contributed by atoms with van der Waals surface area (Å²) in [5, 5.41) is 0.354. The van der Waals surface area contributed by atoms with Crippen LogP contribution in [0.4, 0.5) is 10.1 Å². The largest absolute Gasteiger partial charge is 0.494 e. The Morgan fingerprint density at radius 3 is 2.48 bits per heavy atom. The van der Waals surface area contributed by atoms with Gasteiger partial charge in [-0.3, -0.25) is 4.31 Å². The highest BCUT2D eigenvalue weighted by Crippen LogP contribution is 2.35. The lowest BCUT2D eigenvalue weighted by Gasteiger charge is -2.24. The molecule has 0 aliphatic rings. The molecular formula is C15H14Cl2FNO3S. The minimum Gasteiger partial charge on any atom is -0.494 e. The fourth-order valence-electron chi connectivity index (χ4n) is 2.09. The second kappa shape index (κ2) is 6.95. The smallest absolute Gasteiger partial charge is 0.264 e. The maximum atomic E-state index is 13.8. The summed E-state index contributed by atoms with van der Waals surface area (Å²) < 4.78 is 45.3.